The van der Waals surface area contributed by atoms with E-state index in [-0.39, 0.29) is 17.2 Å². The summed E-state index contributed by atoms with van der Waals surface area (Å²) in [6.07, 6.45) is 2.76. The predicted octanol–water partition coefficient (Wildman–Crippen LogP) is 5.72. The Morgan fingerprint density at radius 3 is 2.09 bits per heavy atom. The number of likely N-dealkylation sites (tertiary alicyclic amines) is 2. The second-order valence-electron chi connectivity index (χ2n) is 12.1. The number of benzene rings is 3. The molecule has 2 saturated heterocycles. The van der Waals surface area contributed by atoms with E-state index >= 15 is 0 Å². The number of nitrogens with two attached hydrogens (primary N) is 1. The Bertz CT molecular complexity index is 1570. The number of piperidine rings is 1. The number of carbonyl (C=O) groups is 2. The fourth-order valence-electron chi connectivity index (χ4n) is 6.97. The van der Waals surface area contributed by atoms with Gasteiger partial charge < -0.3 is 34.5 Å². The molecule has 0 bridgehead atoms. The Morgan fingerprint density at radius 2 is 1.50 bits per heavy atom. The number of rotatable bonds is 11. The van der Waals surface area contributed by atoms with Gasteiger partial charge in [0, 0.05) is 24.1 Å². The van der Waals surface area contributed by atoms with Gasteiger partial charge in [0.15, 0.2) is 11.5 Å². The molecular weight excluding hydrogens is 629 g/mol. The van der Waals surface area contributed by atoms with E-state index in [0.717, 1.165) is 30.5 Å². The van der Waals surface area contributed by atoms with Crippen LogP contribution in [0.25, 0.3) is 0 Å². The molecule has 5 rings (SSSR count). The smallest absolute Gasteiger partial charge is 0.254 e. The van der Waals surface area contributed by atoms with Gasteiger partial charge in [-0.3, -0.25) is 9.59 Å². The highest BCUT2D eigenvalue weighted by Gasteiger charge is 2.44. The number of halogens is 2. The van der Waals surface area contributed by atoms with Crippen LogP contribution in [-0.2, 0) is 15.6 Å². The van der Waals surface area contributed by atoms with Crippen molar-refractivity contribution in [1.82, 2.24) is 9.80 Å². The molecule has 2 N–H and O–H groups in total. The van der Waals surface area contributed by atoms with Gasteiger partial charge in [-0.1, -0.05) is 41.4 Å². The van der Waals surface area contributed by atoms with Crippen LogP contribution in [0, 0.1) is 0 Å². The lowest BCUT2D eigenvalue weighted by Crippen LogP contribution is -2.50. The van der Waals surface area contributed by atoms with Gasteiger partial charge >= 0.3 is 0 Å². The first-order chi connectivity index (χ1) is 22.1. The van der Waals surface area contributed by atoms with Crippen LogP contribution in [0.3, 0.4) is 0 Å². The Balaban J connectivity index is 1.36. The zero-order valence-corrected chi connectivity index (χ0v) is 28.2. The average Bonchev–Trinajstić information content (AvgIpc) is 3.53. The van der Waals surface area contributed by atoms with Crippen LogP contribution in [-0.4, -0.2) is 82.8 Å². The van der Waals surface area contributed by atoms with Crippen molar-refractivity contribution in [2.75, 3.05) is 61.2 Å². The van der Waals surface area contributed by atoms with Crippen molar-refractivity contribution >= 4 is 35.0 Å². The summed E-state index contributed by atoms with van der Waals surface area (Å²) in [5.74, 6) is 1.54. The van der Waals surface area contributed by atoms with Gasteiger partial charge in [0.1, 0.15) is 5.75 Å². The fraction of sp³-hybridized carbons (Fsp3) is 0.429. The normalized spacial score (nSPS) is 19.5. The number of ether oxygens (including phenoxy) is 4. The van der Waals surface area contributed by atoms with Crippen molar-refractivity contribution in [1.29, 1.82) is 0 Å². The van der Waals surface area contributed by atoms with E-state index in [1.165, 1.54) is 21.3 Å². The van der Waals surface area contributed by atoms with Crippen LogP contribution in [0.2, 0.25) is 10.0 Å². The SMILES string of the molecule is COc1cccc(C2(C(N)=O)CCN(CC[C@]3(c4ccc(Cl)c(Cl)c4)CCN(C(=O)c4cc(OC)c(OC)c(OC)c4)C3)CC2)c1. The number of hydrogen-bond acceptors (Lipinski definition) is 7. The van der Waals surface area contributed by atoms with Gasteiger partial charge in [0.25, 0.3) is 5.91 Å². The largest absolute Gasteiger partial charge is 0.497 e. The van der Waals surface area contributed by atoms with Crippen molar-refractivity contribution in [3.63, 3.8) is 0 Å². The van der Waals surface area contributed by atoms with Crippen LogP contribution in [0.5, 0.6) is 23.0 Å². The van der Waals surface area contributed by atoms with E-state index in [0.29, 0.717) is 77.6 Å². The Kier molecular flexibility index (Phi) is 10.2. The summed E-state index contributed by atoms with van der Waals surface area (Å²) < 4.78 is 21.9. The molecule has 9 nitrogen and oxygen atoms in total. The molecule has 2 fully saturated rings. The Hall–Kier alpha value is -3.66. The van der Waals surface area contributed by atoms with E-state index in [1.807, 2.05) is 47.4 Å². The second-order valence-corrected chi connectivity index (χ2v) is 12.9. The first-order valence-corrected chi connectivity index (χ1v) is 16.1. The molecule has 2 aliphatic heterocycles. The number of amides is 2. The molecule has 0 aromatic heterocycles. The molecule has 11 heteroatoms. The van der Waals surface area contributed by atoms with Gasteiger partial charge in [-0.2, -0.15) is 0 Å². The summed E-state index contributed by atoms with van der Waals surface area (Å²) in [7, 11) is 6.21. The van der Waals surface area contributed by atoms with Crippen molar-refractivity contribution in [2.45, 2.75) is 36.5 Å². The first-order valence-electron chi connectivity index (χ1n) is 15.3. The first kappa shape index (κ1) is 33.7. The second kappa shape index (κ2) is 14.0. The molecular formula is C35H41Cl2N3O6. The van der Waals surface area contributed by atoms with E-state index < -0.39 is 5.41 Å². The third-order valence-corrected chi connectivity index (χ3v) is 10.5. The monoisotopic (exact) mass is 669 g/mol. The highest BCUT2D eigenvalue weighted by Crippen LogP contribution is 2.43. The lowest BCUT2D eigenvalue weighted by atomic mass is 9.71. The number of primary amides is 1. The van der Waals surface area contributed by atoms with Crippen molar-refractivity contribution in [3.05, 3.63) is 81.3 Å². The quantitative estimate of drug-likeness (QED) is 0.279. The molecule has 3 aromatic carbocycles. The molecule has 0 unspecified atom stereocenters. The molecule has 0 spiro atoms. The lowest BCUT2D eigenvalue weighted by molar-refractivity contribution is -0.125. The standard InChI is InChI=1S/C35H41Cl2N3O6/c1-43-26-7-5-6-25(20-26)35(33(38)42)12-15-39(16-13-35)14-10-34(24-8-9-27(36)28(37)21-24)11-17-40(22-34)32(41)23-18-29(44-2)31(46-4)30(19-23)45-3/h5-9,18-21H,10-17,22H2,1-4H3,(H2,38,42)/t34-/m0/s1. The van der Waals surface area contributed by atoms with Crippen molar-refractivity contribution in [3.8, 4) is 23.0 Å². The summed E-state index contributed by atoms with van der Waals surface area (Å²) in [6, 6.07) is 16.8. The fourth-order valence-corrected chi connectivity index (χ4v) is 7.27. The number of carbonyl (C=O) groups excluding carboxylic acids is 2. The topological polar surface area (TPSA) is 104 Å². The maximum Gasteiger partial charge on any atom is 0.254 e. The van der Waals surface area contributed by atoms with E-state index in [2.05, 4.69) is 4.90 Å². The molecule has 2 heterocycles. The highest BCUT2D eigenvalue weighted by molar-refractivity contribution is 6.42. The Morgan fingerprint density at radius 1 is 0.804 bits per heavy atom. The summed E-state index contributed by atoms with van der Waals surface area (Å²) in [4.78, 5) is 31.0. The Labute approximate surface area is 280 Å². The van der Waals surface area contributed by atoms with E-state index in [9.17, 15) is 9.59 Å². The minimum absolute atomic E-state index is 0.122. The summed E-state index contributed by atoms with van der Waals surface area (Å²) in [5.41, 5.74) is 7.32. The summed E-state index contributed by atoms with van der Waals surface area (Å²) in [5, 5.41) is 0.968. The minimum atomic E-state index is -0.747. The van der Waals surface area contributed by atoms with Gasteiger partial charge in [0.05, 0.1) is 43.9 Å². The van der Waals surface area contributed by atoms with E-state index in [4.69, 9.17) is 47.9 Å². The maximum atomic E-state index is 13.9. The van der Waals surface area contributed by atoms with Crippen LogP contribution < -0.4 is 24.7 Å². The maximum absolute atomic E-state index is 13.9. The minimum Gasteiger partial charge on any atom is -0.497 e. The number of hydrogen-bond donors (Lipinski definition) is 1. The van der Waals surface area contributed by atoms with Crippen LogP contribution in [0.15, 0.2) is 54.6 Å². The third-order valence-electron chi connectivity index (χ3n) is 9.79. The summed E-state index contributed by atoms with van der Waals surface area (Å²) in [6.45, 7) is 3.27. The lowest BCUT2D eigenvalue weighted by Gasteiger charge is -2.41. The van der Waals surface area contributed by atoms with Crippen molar-refractivity contribution in [2.24, 2.45) is 5.73 Å². The van der Waals surface area contributed by atoms with Gasteiger partial charge in [-0.05, 0) is 92.8 Å². The zero-order valence-electron chi connectivity index (χ0n) is 26.7. The van der Waals surface area contributed by atoms with Crippen LogP contribution in [0.1, 0.15) is 47.2 Å². The third kappa shape index (κ3) is 6.46. The molecule has 2 amide bonds. The summed E-state index contributed by atoms with van der Waals surface area (Å²) >= 11 is 12.8. The highest BCUT2D eigenvalue weighted by atomic mass is 35.5. The number of methoxy groups -OCH3 is 4. The molecule has 0 saturated carbocycles. The molecule has 1 atom stereocenters. The molecule has 3 aromatic rings. The zero-order chi connectivity index (χ0) is 33.1. The van der Waals surface area contributed by atoms with Crippen LogP contribution in [0.4, 0.5) is 0 Å². The molecule has 2 aliphatic rings. The van der Waals surface area contributed by atoms with Gasteiger partial charge in [0.2, 0.25) is 11.7 Å². The predicted molar refractivity (Wildman–Crippen MR) is 179 cm³/mol. The number of nitrogens with zero attached hydrogens (tertiary/aromatic N) is 2. The van der Waals surface area contributed by atoms with Gasteiger partial charge in [-0.15, -0.1) is 0 Å². The van der Waals surface area contributed by atoms with Crippen molar-refractivity contribution < 1.29 is 28.5 Å². The molecule has 0 radical (unpaired) electrons. The molecule has 0 aliphatic carbocycles. The van der Waals surface area contributed by atoms with E-state index in [1.54, 1.807) is 19.2 Å². The molecule has 246 valence electrons. The average molecular weight is 671 g/mol. The molecule has 46 heavy (non-hydrogen) atoms. The van der Waals surface area contributed by atoms with Gasteiger partial charge in [-0.25, -0.2) is 0 Å². The van der Waals surface area contributed by atoms with Crippen LogP contribution >= 0.6 is 23.2 Å².